The number of aromatic nitrogens is 1. The summed E-state index contributed by atoms with van der Waals surface area (Å²) >= 11 is 0. The molecule has 3 atom stereocenters. The van der Waals surface area contributed by atoms with E-state index in [1.54, 1.807) is 0 Å². The predicted octanol–water partition coefficient (Wildman–Crippen LogP) is 1.82. The minimum absolute atomic E-state index is 0.0906. The fourth-order valence-electron chi connectivity index (χ4n) is 3.16. The predicted molar refractivity (Wildman–Crippen MR) is 66.6 cm³/mol. The average molecular weight is 232 g/mol. The molecule has 1 fully saturated rings. The van der Waals surface area contributed by atoms with Gasteiger partial charge < -0.3 is 10.4 Å². The Bertz CT molecular complexity index is 394. The maximum atomic E-state index is 9.80. The lowest BCUT2D eigenvalue weighted by atomic mass is 10.1. The van der Waals surface area contributed by atoms with Crippen LogP contribution in [0, 0.1) is 5.92 Å². The Morgan fingerprint density at radius 1 is 1.35 bits per heavy atom. The number of aryl methyl sites for hydroxylation is 1. The van der Waals surface area contributed by atoms with Crippen molar-refractivity contribution in [3.05, 3.63) is 29.6 Å². The van der Waals surface area contributed by atoms with Crippen molar-refractivity contribution in [2.24, 2.45) is 5.92 Å². The lowest BCUT2D eigenvalue weighted by Crippen LogP contribution is -2.30. The fraction of sp³-hybridized carbons (Fsp3) is 0.643. The molecule has 92 valence electrons. The Hall–Kier alpha value is -0.930. The lowest BCUT2D eigenvalue weighted by Gasteiger charge is -2.19. The van der Waals surface area contributed by atoms with E-state index in [0.29, 0.717) is 12.0 Å². The molecule has 2 aliphatic rings. The van der Waals surface area contributed by atoms with Gasteiger partial charge in [-0.2, -0.15) is 0 Å². The summed E-state index contributed by atoms with van der Waals surface area (Å²) in [6, 6.07) is 4.59. The molecular weight excluding hydrogens is 212 g/mol. The van der Waals surface area contributed by atoms with Crippen molar-refractivity contribution in [1.29, 1.82) is 0 Å². The molecule has 3 heteroatoms. The maximum Gasteiger partial charge on any atom is 0.0605 e. The molecule has 17 heavy (non-hydrogen) atoms. The smallest absolute Gasteiger partial charge is 0.0605 e. The second-order valence-electron chi connectivity index (χ2n) is 5.31. The molecule has 3 rings (SSSR count). The van der Waals surface area contributed by atoms with Crippen LogP contribution >= 0.6 is 0 Å². The van der Waals surface area contributed by atoms with E-state index >= 15 is 0 Å². The van der Waals surface area contributed by atoms with Gasteiger partial charge in [-0.15, -0.1) is 0 Å². The van der Waals surface area contributed by atoms with Crippen LogP contribution < -0.4 is 5.32 Å². The van der Waals surface area contributed by atoms with Gasteiger partial charge in [-0.05, 0) is 43.2 Å². The second kappa shape index (κ2) is 4.75. The van der Waals surface area contributed by atoms with E-state index in [-0.39, 0.29) is 6.10 Å². The first-order valence-corrected chi connectivity index (χ1v) is 6.70. The highest BCUT2D eigenvalue weighted by molar-refractivity contribution is 5.27. The zero-order valence-corrected chi connectivity index (χ0v) is 10.1. The fourth-order valence-corrected chi connectivity index (χ4v) is 3.16. The summed E-state index contributed by atoms with van der Waals surface area (Å²) in [5.74, 6) is 0.447. The summed E-state index contributed by atoms with van der Waals surface area (Å²) in [7, 11) is 0. The zero-order chi connectivity index (χ0) is 11.7. The monoisotopic (exact) mass is 232 g/mol. The van der Waals surface area contributed by atoms with Gasteiger partial charge in [0.05, 0.1) is 17.8 Å². The third kappa shape index (κ3) is 2.22. The zero-order valence-electron chi connectivity index (χ0n) is 10.1. The molecule has 1 saturated carbocycles. The molecule has 0 saturated heterocycles. The molecule has 1 heterocycles. The first kappa shape index (κ1) is 11.2. The van der Waals surface area contributed by atoms with Gasteiger partial charge in [0.2, 0.25) is 0 Å². The summed E-state index contributed by atoms with van der Waals surface area (Å²) in [4.78, 5) is 4.48. The number of hydrogen-bond acceptors (Lipinski definition) is 3. The van der Waals surface area contributed by atoms with E-state index in [2.05, 4.69) is 16.4 Å². The molecule has 2 aliphatic carbocycles. The van der Waals surface area contributed by atoms with Gasteiger partial charge in [0, 0.05) is 12.7 Å². The maximum absolute atomic E-state index is 9.80. The van der Waals surface area contributed by atoms with E-state index in [4.69, 9.17) is 0 Å². The number of aliphatic hydroxyl groups excluding tert-OH is 1. The van der Waals surface area contributed by atoms with Crippen LogP contribution in [0.5, 0.6) is 0 Å². The van der Waals surface area contributed by atoms with Gasteiger partial charge in [-0.3, -0.25) is 4.98 Å². The van der Waals surface area contributed by atoms with Gasteiger partial charge >= 0.3 is 0 Å². The first-order valence-electron chi connectivity index (χ1n) is 6.70. The minimum atomic E-state index is -0.0906. The number of nitrogens with one attached hydrogen (secondary N) is 1. The molecule has 0 bridgehead atoms. The molecule has 0 radical (unpaired) electrons. The summed E-state index contributed by atoms with van der Waals surface area (Å²) in [5, 5.41) is 13.4. The molecule has 1 aromatic rings. The molecule has 3 nitrogen and oxygen atoms in total. The third-order valence-electron chi connectivity index (χ3n) is 4.20. The van der Waals surface area contributed by atoms with Crippen molar-refractivity contribution in [3.63, 3.8) is 0 Å². The van der Waals surface area contributed by atoms with Crippen molar-refractivity contribution in [3.8, 4) is 0 Å². The van der Waals surface area contributed by atoms with Crippen molar-refractivity contribution >= 4 is 0 Å². The van der Waals surface area contributed by atoms with Crippen LogP contribution in [0.1, 0.15) is 43.0 Å². The van der Waals surface area contributed by atoms with Gasteiger partial charge in [-0.1, -0.05) is 12.5 Å². The largest absolute Gasteiger partial charge is 0.393 e. The van der Waals surface area contributed by atoms with Gasteiger partial charge in [0.25, 0.3) is 0 Å². The summed E-state index contributed by atoms with van der Waals surface area (Å²) in [6.07, 6.45) is 7.38. The van der Waals surface area contributed by atoms with Crippen LogP contribution in [0.25, 0.3) is 0 Å². The first-order chi connectivity index (χ1) is 8.34. The van der Waals surface area contributed by atoms with Gasteiger partial charge in [0.1, 0.15) is 0 Å². The molecule has 2 N–H and O–H groups in total. The van der Waals surface area contributed by atoms with Crippen molar-refractivity contribution in [1.82, 2.24) is 10.3 Å². The van der Waals surface area contributed by atoms with Gasteiger partial charge in [-0.25, -0.2) is 0 Å². The Balaban J connectivity index is 1.60. The van der Waals surface area contributed by atoms with Gasteiger partial charge in [0.15, 0.2) is 0 Å². The topological polar surface area (TPSA) is 45.1 Å². The molecule has 0 amide bonds. The molecule has 1 aromatic heterocycles. The second-order valence-corrected chi connectivity index (χ2v) is 5.31. The minimum Gasteiger partial charge on any atom is -0.393 e. The van der Waals surface area contributed by atoms with E-state index in [1.807, 2.05) is 12.3 Å². The average Bonchev–Trinajstić information content (AvgIpc) is 2.93. The Kier molecular flexibility index (Phi) is 3.12. The number of rotatable bonds is 3. The highest BCUT2D eigenvalue weighted by Crippen LogP contribution is 2.30. The van der Waals surface area contributed by atoms with E-state index in [0.717, 1.165) is 32.2 Å². The lowest BCUT2D eigenvalue weighted by molar-refractivity contribution is 0.129. The highest BCUT2D eigenvalue weighted by Gasteiger charge is 2.28. The van der Waals surface area contributed by atoms with Crippen LogP contribution in [0.2, 0.25) is 0 Å². The van der Waals surface area contributed by atoms with Crippen molar-refractivity contribution in [2.45, 2.75) is 44.2 Å². The third-order valence-corrected chi connectivity index (χ3v) is 4.20. The van der Waals surface area contributed by atoms with E-state index < -0.39 is 0 Å². The number of nitrogens with zero attached hydrogens (tertiary/aromatic N) is 1. The van der Waals surface area contributed by atoms with Crippen LogP contribution in [0.15, 0.2) is 18.3 Å². The van der Waals surface area contributed by atoms with Crippen molar-refractivity contribution < 1.29 is 5.11 Å². The van der Waals surface area contributed by atoms with Crippen LogP contribution in [-0.4, -0.2) is 22.7 Å². The standard InChI is InChI=1S/C14H20N2O/c17-13-5-1-3-11(13)9-16-12-7-6-10-4-2-8-15-14(10)12/h2,4,8,11-13,16-17H,1,3,5-7,9H2. The quantitative estimate of drug-likeness (QED) is 0.835. The molecular formula is C14H20N2O. The summed E-state index contributed by atoms with van der Waals surface area (Å²) in [5.41, 5.74) is 2.61. The molecule has 0 aromatic carbocycles. The Morgan fingerprint density at radius 2 is 2.29 bits per heavy atom. The number of hydrogen-bond donors (Lipinski definition) is 2. The van der Waals surface area contributed by atoms with E-state index in [9.17, 15) is 5.11 Å². The van der Waals surface area contributed by atoms with Crippen LogP contribution in [0.4, 0.5) is 0 Å². The molecule has 0 aliphatic heterocycles. The summed E-state index contributed by atoms with van der Waals surface area (Å²) < 4.78 is 0. The Morgan fingerprint density at radius 3 is 3.12 bits per heavy atom. The molecule has 3 unspecified atom stereocenters. The molecule has 0 spiro atoms. The Labute approximate surface area is 102 Å². The summed E-state index contributed by atoms with van der Waals surface area (Å²) in [6.45, 7) is 0.932. The van der Waals surface area contributed by atoms with Crippen LogP contribution in [0.3, 0.4) is 0 Å². The van der Waals surface area contributed by atoms with E-state index in [1.165, 1.54) is 17.7 Å². The number of fused-ring (bicyclic) bond motifs is 1. The number of aliphatic hydroxyl groups is 1. The SMILES string of the molecule is OC1CCCC1CNC1CCc2cccnc21. The van der Waals surface area contributed by atoms with Crippen LogP contribution in [-0.2, 0) is 6.42 Å². The number of pyridine rings is 1. The normalized spacial score (nSPS) is 31.7. The van der Waals surface area contributed by atoms with Crippen molar-refractivity contribution in [2.75, 3.05) is 6.54 Å². The highest BCUT2D eigenvalue weighted by atomic mass is 16.3.